The van der Waals surface area contributed by atoms with Gasteiger partial charge in [0.2, 0.25) is 5.91 Å². The second-order valence-corrected chi connectivity index (χ2v) is 4.58. The Bertz CT molecular complexity index is 280. The van der Waals surface area contributed by atoms with Gasteiger partial charge in [-0.05, 0) is 26.2 Å². The fourth-order valence-corrected chi connectivity index (χ4v) is 1.99. The van der Waals surface area contributed by atoms with E-state index in [1.54, 1.807) is 0 Å². The monoisotopic (exact) mass is 243 g/mol. The molecule has 98 valence electrons. The molecule has 1 aliphatic rings. The molecule has 17 heavy (non-hydrogen) atoms. The van der Waals surface area contributed by atoms with E-state index in [4.69, 9.17) is 9.84 Å². The molecule has 1 heterocycles. The van der Waals surface area contributed by atoms with Gasteiger partial charge < -0.3 is 15.2 Å². The molecule has 0 bridgehead atoms. The highest BCUT2D eigenvalue weighted by molar-refractivity contribution is 5.81. The summed E-state index contributed by atoms with van der Waals surface area (Å²) >= 11 is 0. The number of rotatable bonds is 6. The summed E-state index contributed by atoms with van der Waals surface area (Å²) in [5.41, 5.74) is 0. The lowest BCUT2D eigenvalue weighted by Crippen LogP contribution is -2.39. The van der Waals surface area contributed by atoms with Gasteiger partial charge in [-0.3, -0.25) is 9.59 Å². The Hall–Kier alpha value is -1.10. The molecule has 3 unspecified atom stereocenters. The first-order chi connectivity index (χ1) is 8.04. The Labute approximate surface area is 102 Å². The van der Waals surface area contributed by atoms with Crippen molar-refractivity contribution in [2.45, 2.75) is 51.7 Å². The molecule has 1 fully saturated rings. The summed E-state index contributed by atoms with van der Waals surface area (Å²) in [5, 5.41) is 11.6. The number of amides is 1. The highest BCUT2D eigenvalue weighted by atomic mass is 16.5. The summed E-state index contributed by atoms with van der Waals surface area (Å²) in [5.74, 6) is -1.53. The lowest BCUT2D eigenvalue weighted by Gasteiger charge is -2.15. The first kappa shape index (κ1) is 14.0. The van der Waals surface area contributed by atoms with Crippen LogP contribution in [0.2, 0.25) is 0 Å². The molecular weight excluding hydrogens is 222 g/mol. The fraction of sp³-hybridized carbons (Fsp3) is 0.833. The van der Waals surface area contributed by atoms with Crippen molar-refractivity contribution in [2.24, 2.45) is 5.92 Å². The summed E-state index contributed by atoms with van der Waals surface area (Å²) in [4.78, 5) is 22.6. The average Bonchev–Trinajstić information content (AvgIpc) is 2.70. The van der Waals surface area contributed by atoms with Gasteiger partial charge in [0.15, 0.2) is 0 Å². The zero-order chi connectivity index (χ0) is 12.8. The maximum absolute atomic E-state index is 11.7. The van der Waals surface area contributed by atoms with Crippen LogP contribution in [-0.2, 0) is 14.3 Å². The third kappa shape index (κ3) is 4.34. The largest absolute Gasteiger partial charge is 0.481 e. The molecule has 2 N–H and O–H groups in total. The molecule has 1 aliphatic heterocycles. The van der Waals surface area contributed by atoms with Crippen LogP contribution in [0.15, 0.2) is 0 Å². The van der Waals surface area contributed by atoms with Crippen LogP contribution in [0.1, 0.15) is 39.5 Å². The van der Waals surface area contributed by atoms with Crippen LogP contribution in [0.5, 0.6) is 0 Å². The minimum absolute atomic E-state index is 0.122. The van der Waals surface area contributed by atoms with Crippen molar-refractivity contribution >= 4 is 11.9 Å². The zero-order valence-corrected chi connectivity index (χ0v) is 10.4. The van der Waals surface area contributed by atoms with Gasteiger partial charge in [0, 0.05) is 6.54 Å². The van der Waals surface area contributed by atoms with Crippen LogP contribution < -0.4 is 5.32 Å². The number of carboxylic acid groups (broad SMARTS) is 1. The first-order valence-corrected chi connectivity index (χ1v) is 6.20. The Balaban J connectivity index is 2.33. The Morgan fingerprint density at radius 1 is 1.47 bits per heavy atom. The van der Waals surface area contributed by atoms with E-state index in [1.165, 1.54) is 0 Å². The second-order valence-electron chi connectivity index (χ2n) is 4.58. The molecule has 0 aliphatic carbocycles. The normalized spacial score (nSPS) is 25.5. The van der Waals surface area contributed by atoms with Gasteiger partial charge in [-0.1, -0.05) is 13.3 Å². The van der Waals surface area contributed by atoms with E-state index in [1.807, 2.05) is 13.8 Å². The lowest BCUT2D eigenvalue weighted by molar-refractivity contribution is -0.142. The van der Waals surface area contributed by atoms with E-state index >= 15 is 0 Å². The van der Waals surface area contributed by atoms with E-state index in [9.17, 15) is 9.59 Å². The minimum Gasteiger partial charge on any atom is -0.481 e. The Kier molecular flexibility index (Phi) is 5.41. The standard InChI is InChI=1S/C12H21NO4/c1-3-4-9(12(15)16)7-13-11(14)10-6-5-8(2)17-10/h8-10H,3-7H2,1-2H3,(H,13,14)(H,15,16). The third-order valence-electron chi connectivity index (χ3n) is 3.03. The zero-order valence-electron chi connectivity index (χ0n) is 10.4. The summed E-state index contributed by atoms with van der Waals surface area (Å²) in [7, 11) is 0. The second kappa shape index (κ2) is 6.59. The van der Waals surface area contributed by atoms with Gasteiger partial charge in [0.05, 0.1) is 12.0 Å². The summed E-state index contributed by atoms with van der Waals surface area (Å²) in [6.07, 6.45) is 2.70. The predicted octanol–water partition coefficient (Wildman–Crippen LogP) is 1.17. The highest BCUT2D eigenvalue weighted by Crippen LogP contribution is 2.19. The van der Waals surface area contributed by atoms with E-state index in [0.29, 0.717) is 6.42 Å². The Morgan fingerprint density at radius 2 is 2.18 bits per heavy atom. The topological polar surface area (TPSA) is 75.6 Å². The molecule has 0 aromatic carbocycles. The van der Waals surface area contributed by atoms with Crippen molar-refractivity contribution < 1.29 is 19.4 Å². The van der Waals surface area contributed by atoms with Gasteiger partial charge in [-0.25, -0.2) is 0 Å². The van der Waals surface area contributed by atoms with Crippen molar-refractivity contribution in [3.63, 3.8) is 0 Å². The predicted molar refractivity (Wildman–Crippen MR) is 62.6 cm³/mol. The van der Waals surface area contributed by atoms with E-state index < -0.39 is 18.0 Å². The van der Waals surface area contributed by atoms with Gasteiger partial charge in [0.25, 0.3) is 0 Å². The van der Waals surface area contributed by atoms with E-state index in [2.05, 4.69) is 5.32 Å². The number of aliphatic carboxylic acids is 1. The molecule has 1 amide bonds. The van der Waals surface area contributed by atoms with Gasteiger partial charge >= 0.3 is 5.97 Å². The fourth-order valence-electron chi connectivity index (χ4n) is 1.99. The molecule has 0 aromatic heterocycles. The number of hydrogen-bond donors (Lipinski definition) is 2. The molecule has 5 heteroatoms. The molecule has 0 saturated carbocycles. The maximum Gasteiger partial charge on any atom is 0.308 e. The summed E-state index contributed by atoms with van der Waals surface area (Å²) in [6, 6.07) is 0. The van der Waals surface area contributed by atoms with Crippen LogP contribution in [0, 0.1) is 5.92 Å². The van der Waals surface area contributed by atoms with E-state index in [-0.39, 0.29) is 18.6 Å². The molecule has 5 nitrogen and oxygen atoms in total. The summed E-state index contributed by atoms with van der Waals surface area (Å²) in [6.45, 7) is 4.06. The van der Waals surface area contributed by atoms with Gasteiger partial charge in [-0.15, -0.1) is 0 Å². The van der Waals surface area contributed by atoms with E-state index in [0.717, 1.165) is 19.3 Å². The third-order valence-corrected chi connectivity index (χ3v) is 3.03. The number of hydrogen-bond acceptors (Lipinski definition) is 3. The summed E-state index contributed by atoms with van der Waals surface area (Å²) < 4.78 is 5.42. The van der Waals surface area contributed by atoms with Crippen molar-refractivity contribution in [1.82, 2.24) is 5.32 Å². The molecule has 3 atom stereocenters. The minimum atomic E-state index is -0.854. The molecular formula is C12H21NO4. The van der Waals surface area contributed by atoms with Crippen LogP contribution in [0.4, 0.5) is 0 Å². The molecule has 0 aromatic rings. The number of carbonyl (C=O) groups excluding carboxylic acids is 1. The number of ether oxygens (including phenoxy) is 1. The Morgan fingerprint density at radius 3 is 2.65 bits per heavy atom. The molecule has 0 radical (unpaired) electrons. The smallest absolute Gasteiger partial charge is 0.308 e. The van der Waals surface area contributed by atoms with Gasteiger partial charge in [-0.2, -0.15) is 0 Å². The van der Waals surface area contributed by atoms with Gasteiger partial charge in [0.1, 0.15) is 6.10 Å². The number of carboxylic acids is 1. The molecule has 0 spiro atoms. The average molecular weight is 243 g/mol. The van der Waals surface area contributed by atoms with Crippen LogP contribution >= 0.6 is 0 Å². The highest BCUT2D eigenvalue weighted by Gasteiger charge is 2.28. The first-order valence-electron chi connectivity index (χ1n) is 6.20. The van der Waals surface area contributed by atoms with Crippen molar-refractivity contribution in [2.75, 3.05) is 6.54 Å². The lowest BCUT2D eigenvalue weighted by atomic mass is 10.0. The van der Waals surface area contributed by atoms with Crippen molar-refractivity contribution in [1.29, 1.82) is 0 Å². The van der Waals surface area contributed by atoms with Crippen molar-refractivity contribution in [3.05, 3.63) is 0 Å². The maximum atomic E-state index is 11.7. The SMILES string of the molecule is CCCC(CNC(=O)C1CCC(C)O1)C(=O)O. The van der Waals surface area contributed by atoms with Crippen LogP contribution in [0.25, 0.3) is 0 Å². The quantitative estimate of drug-likeness (QED) is 0.734. The molecule has 1 saturated heterocycles. The van der Waals surface area contributed by atoms with Crippen LogP contribution in [-0.4, -0.2) is 35.7 Å². The van der Waals surface area contributed by atoms with Crippen LogP contribution in [0.3, 0.4) is 0 Å². The number of carbonyl (C=O) groups is 2. The number of nitrogens with one attached hydrogen (secondary N) is 1. The van der Waals surface area contributed by atoms with Crippen molar-refractivity contribution in [3.8, 4) is 0 Å². The molecule has 1 rings (SSSR count).